The van der Waals surface area contributed by atoms with Crippen LogP contribution in [0.4, 0.5) is 23.7 Å². The highest BCUT2D eigenvalue weighted by atomic mass is 19.4. The van der Waals surface area contributed by atoms with Crippen molar-refractivity contribution < 1.29 is 36.7 Å². The number of nitrogens with one attached hydrogen (secondary N) is 1. The average Bonchev–Trinajstić information content (AvgIpc) is 2.99. The summed E-state index contributed by atoms with van der Waals surface area (Å²) in [5, 5.41) is 18.7. The molecule has 0 saturated carbocycles. The lowest BCUT2D eigenvalue weighted by Crippen LogP contribution is -2.55. The number of urea groups is 1. The topological polar surface area (TPSA) is 133 Å². The highest BCUT2D eigenvalue weighted by molar-refractivity contribution is 6.10. The molecule has 2 aliphatic rings. The van der Waals surface area contributed by atoms with Gasteiger partial charge in [0.1, 0.15) is 6.04 Å². The van der Waals surface area contributed by atoms with Gasteiger partial charge in [-0.15, -0.1) is 0 Å². The van der Waals surface area contributed by atoms with Gasteiger partial charge in [-0.25, -0.2) is 9.59 Å². The fourth-order valence-corrected chi connectivity index (χ4v) is 6.17. The van der Waals surface area contributed by atoms with E-state index < -0.39 is 35.7 Å². The number of hydrogen-bond donors (Lipinski definition) is 2. The van der Waals surface area contributed by atoms with Crippen LogP contribution in [0.15, 0.2) is 53.7 Å². The third kappa shape index (κ3) is 7.29. The van der Waals surface area contributed by atoms with E-state index in [4.69, 9.17) is 20.6 Å². The summed E-state index contributed by atoms with van der Waals surface area (Å²) in [5.74, 6) is -0.886. The molecule has 1 atom stereocenters. The van der Waals surface area contributed by atoms with E-state index in [0.29, 0.717) is 40.1 Å². The maximum atomic E-state index is 13.6. The Kier molecular flexibility index (Phi) is 9.89. The largest absolute Gasteiger partial charge is 0.466 e. The predicted octanol–water partition coefficient (Wildman–Crippen LogP) is 4.95. The number of primary amides is 1. The molecule has 240 valence electrons. The van der Waals surface area contributed by atoms with Gasteiger partial charge in [-0.05, 0) is 61.2 Å². The van der Waals surface area contributed by atoms with Crippen molar-refractivity contribution in [2.45, 2.75) is 38.4 Å². The van der Waals surface area contributed by atoms with E-state index in [0.717, 1.165) is 61.6 Å². The number of anilines is 1. The molecule has 4 rings (SSSR count). The molecule has 2 aromatic rings. The summed E-state index contributed by atoms with van der Waals surface area (Å²) in [4.78, 5) is 28.4. The summed E-state index contributed by atoms with van der Waals surface area (Å²) in [6, 6.07) is 8.89. The Morgan fingerprint density at radius 2 is 1.87 bits per heavy atom. The number of methoxy groups -OCH3 is 1. The van der Waals surface area contributed by atoms with Gasteiger partial charge in [0.05, 0.1) is 57.1 Å². The van der Waals surface area contributed by atoms with Crippen LogP contribution in [-0.2, 0) is 26.9 Å². The number of nitriles is 1. The highest BCUT2D eigenvalue weighted by Gasteiger charge is 2.45. The number of esters is 1. The van der Waals surface area contributed by atoms with Gasteiger partial charge in [-0.3, -0.25) is 15.2 Å². The Balaban J connectivity index is 1.83. The molecular weight excluding hydrogens is 589 g/mol. The van der Waals surface area contributed by atoms with E-state index in [-0.39, 0.29) is 17.0 Å². The van der Waals surface area contributed by atoms with Crippen molar-refractivity contribution in [1.82, 2.24) is 4.90 Å². The first kappa shape index (κ1) is 33.5. The number of quaternary nitrogens is 1. The van der Waals surface area contributed by atoms with Crippen LogP contribution in [0, 0.1) is 22.7 Å². The number of amides is 2. The number of rotatable bonds is 8. The summed E-state index contributed by atoms with van der Waals surface area (Å²) in [6.45, 7) is 4.51. The van der Waals surface area contributed by atoms with Crippen molar-refractivity contribution >= 4 is 23.6 Å². The predicted molar refractivity (Wildman–Crippen MR) is 161 cm³/mol. The van der Waals surface area contributed by atoms with Crippen LogP contribution in [0.3, 0.4) is 0 Å². The second-order valence-electron chi connectivity index (χ2n) is 12.0. The molecule has 0 spiro atoms. The Labute approximate surface area is 260 Å². The lowest BCUT2D eigenvalue weighted by molar-refractivity contribution is -0.893. The summed E-state index contributed by atoms with van der Waals surface area (Å²) in [5.41, 5.74) is 6.27. The Morgan fingerprint density at radius 3 is 2.47 bits per heavy atom. The number of carbonyl (C=O) groups excluding carboxylic acids is 2. The standard InChI is InChI=1S/C32H37F3N6O4/c1-20-27(29(42)44-4)28(40(31(38)43)30(37)39(20)25-7-5-6-24(17-25)32(33,34)35)26-9-8-22(18-36)16-23(26)10-13-41(2,3)19-21-11-14-45-15-12-21/h5-9,16-17,21,28,37H,10-15,19H2,1-4H3,(H-,38,43)/p+1/t28-/m1/s1. The summed E-state index contributed by atoms with van der Waals surface area (Å²) < 4.78 is 52.1. The number of benzene rings is 2. The maximum Gasteiger partial charge on any atom is 0.416 e. The number of carbonyl (C=O) groups is 2. The fraction of sp³-hybridized carbons (Fsp3) is 0.438. The molecule has 2 aromatic carbocycles. The maximum absolute atomic E-state index is 13.6. The molecule has 1 saturated heterocycles. The van der Waals surface area contributed by atoms with Crippen molar-refractivity contribution in [2.75, 3.05) is 52.4 Å². The molecular formula is C32H38F3N6O4+. The molecule has 0 bridgehead atoms. The second-order valence-corrected chi connectivity index (χ2v) is 12.0. The Bertz CT molecular complexity index is 1540. The molecule has 0 radical (unpaired) electrons. The molecule has 10 nitrogen and oxygen atoms in total. The third-order valence-corrected chi connectivity index (χ3v) is 8.42. The lowest BCUT2D eigenvalue weighted by Gasteiger charge is -2.43. The van der Waals surface area contributed by atoms with Gasteiger partial charge < -0.3 is 19.7 Å². The van der Waals surface area contributed by atoms with Crippen molar-refractivity contribution in [1.29, 1.82) is 10.7 Å². The summed E-state index contributed by atoms with van der Waals surface area (Å²) in [6.07, 6.45) is -2.26. The van der Waals surface area contributed by atoms with E-state index in [1.165, 1.54) is 19.1 Å². The highest BCUT2D eigenvalue weighted by Crippen LogP contribution is 2.42. The number of halogens is 3. The molecule has 1 fully saturated rings. The van der Waals surface area contributed by atoms with Crippen molar-refractivity contribution in [3.05, 3.63) is 76.0 Å². The third-order valence-electron chi connectivity index (χ3n) is 8.42. The van der Waals surface area contributed by atoms with Gasteiger partial charge in [-0.1, -0.05) is 12.1 Å². The van der Waals surface area contributed by atoms with E-state index in [1.54, 1.807) is 18.2 Å². The van der Waals surface area contributed by atoms with E-state index in [9.17, 15) is 28.0 Å². The SMILES string of the molecule is COC(=O)C1=C(C)N(c2cccc(C(F)(F)F)c2)C(=N)N(C(N)=O)[C@@H]1c1ccc(C#N)cc1CC[N+](C)(C)CC1CCOCC1. The normalized spacial score (nSPS) is 18.2. The fourth-order valence-electron chi connectivity index (χ4n) is 6.17. The van der Waals surface area contributed by atoms with Crippen LogP contribution in [0.5, 0.6) is 0 Å². The smallest absolute Gasteiger partial charge is 0.416 e. The summed E-state index contributed by atoms with van der Waals surface area (Å²) in [7, 11) is 5.39. The van der Waals surface area contributed by atoms with Crippen LogP contribution in [-0.4, -0.2) is 74.9 Å². The second kappa shape index (κ2) is 13.3. The molecule has 45 heavy (non-hydrogen) atoms. The zero-order chi connectivity index (χ0) is 33.1. The van der Waals surface area contributed by atoms with Gasteiger partial charge in [-0.2, -0.15) is 18.4 Å². The first-order valence-corrected chi connectivity index (χ1v) is 14.5. The first-order valence-electron chi connectivity index (χ1n) is 14.5. The molecule has 2 heterocycles. The number of likely N-dealkylation sites (N-methyl/N-ethyl adjacent to an activating group) is 1. The number of nitrogens with two attached hydrogens (primary N) is 1. The molecule has 0 aromatic heterocycles. The van der Waals surface area contributed by atoms with Crippen LogP contribution in [0.2, 0.25) is 0 Å². The van der Waals surface area contributed by atoms with Crippen LogP contribution >= 0.6 is 0 Å². The molecule has 13 heteroatoms. The van der Waals surface area contributed by atoms with Crippen LogP contribution < -0.4 is 10.6 Å². The van der Waals surface area contributed by atoms with Gasteiger partial charge in [0.25, 0.3) is 0 Å². The number of ether oxygens (including phenoxy) is 2. The number of alkyl halides is 3. The van der Waals surface area contributed by atoms with Crippen molar-refractivity contribution in [2.24, 2.45) is 11.7 Å². The van der Waals surface area contributed by atoms with E-state index in [2.05, 4.69) is 20.2 Å². The number of guanidine groups is 1. The minimum Gasteiger partial charge on any atom is -0.466 e. The van der Waals surface area contributed by atoms with Crippen LogP contribution in [0.25, 0.3) is 0 Å². The number of nitrogens with zero attached hydrogens (tertiary/aromatic N) is 4. The van der Waals surface area contributed by atoms with E-state index >= 15 is 0 Å². The Hall–Kier alpha value is -4.41. The monoisotopic (exact) mass is 627 g/mol. The molecule has 3 N–H and O–H groups in total. The zero-order valence-electron chi connectivity index (χ0n) is 25.8. The minimum atomic E-state index is -4.67. The minimum absolute atomic E-state index is 0.0772. The first-order chi connectivity index (χ1) is 21.2. The van der Waals surface area contributed by atoms with E-state index in [1.807, 2.05) is 0 Å². The van der Waals surface area contributed by atoms with Gasteiger partial charge in [0.15, 0.2) is 0 Å². The number of hydrogen-bond acceptors (Lipinski definition) is 6. The van der Waals surface area contributed by atoms with Gasteiger partial charge >= 0.3 is 18.2 Å². The molecule has 0 unspecified atom stereocenters. The van der Waals surface area contributed by atoms with Crippen LogP contribution in [0.1, 0.15) is 48.1 Å². The zero-order valence-corrected chi connectivity index (χ0v) is 25.8. The molecule has 0 aliphatic carbocycles. The number of allylic oxidation sites excluding steroid dienone is 1. The average molecular weight is 628 g/mol. The van der Waals surface area contributed by atoms with Crippen molar-refractivity contribution in [3.63, 3.8) is 0 Å². The Morgan fingerprint density at radius 1 is 1.18 bits per heavy atom. The van der Waals surface area contributed by atoms with Gasteiger partial charge in [0.2, 0.25) is 5.96 Å². The molecule has 2 amide bonds. The molecule has 2 aliphatic heterocycles. The lowest BCUT2D eigenvalue weighted by atomic mass is 9.87. The summed E-state index contributed by atoms with van der Waals surface area (Å²) >= 11 is 0. The van der Waals surface area contributed by atoms with Crippen molar-refractivity contribution in [3.8, 4) is 6.07 Å². The van der Waals surface area contributed by atoms with Gasteiger partial charge in [0, 0.05) is 36.9 Å². The quantitative estimate of drug-likeness (QED) is 0.315.